The van der Waals surface area contributed by atoms with E-state index in [0.29, 0.717) is 35.8 Å². The fourth-order valence-corrected chi connectivity index (χ4v) is 2.43. The highest BCUT2D eigenvalue weighted by atomic mass is 19.3. The third kappa shape index (κ3) is 7.23. The number of nitrogens with one attached hydrogen (secondary N) is 1. The van der Waals surface area contributed by atoms with E-state index in [1.165, 1.54) is 30.3 Å². The molecule has 2 aromatic carbocycles. The smallest absolute Gasteiger partial charge is 0.387 e. The molecule has 0 aliphatic rings. The van der Waals surface area contributed by atoms with Crippen LogP contribution < -0.4 is 19.5 Å². The maximum Gasteiger partial charge on any atom is 0.387 e. The molecule has 0 aromatic heterocycles. The van der Waals surface area contributed by atoms with Crippen LogP contribution in [0.5, 0.6) is 17.2 Å². The Hall–Kier alpha value is -3.36. The van der Waals surface area contributed by atoms with Crippen molar-refractivity contribution in [2.45, 2.75) is 27.1 Å². The highest BCUT2D eigenvalue weighted by Crippen LogP contribution is 2.28. The Morgan fingerprint density at radius 2 is 1.63 bits per heavy atom. The summed E-state index contributed by atoms with van der Waals surface area (Å²) < 4.78 is 44.5. The zero-order valence-corrected chi connectivity index (χ0v) is 16.7. The van der Waals surface area contributed by atoms with E-state index in [1.54, 1.807) is 12.1 Å². The molecule has 0 spiro atoms. The van der Waals surface area contributed by atoms with Crippen LogP contribution in [0.1, 0.15) is 29.8 Å². The van der Waals surface area contributed by atoms with E-state index in [0.717, 1.165) is 0 Å². The average Bonchev–Trinajstić information content (AvgIpc) is 2.72. The molecule has 0 saturated heterocycles. The SMILES string of the molecule is CCOc1ccc(C(=O)NCC(=O)OCc2ccc(OC(F)F)cc2)cc1OCC. The average molecular weight is 423 g/mol. The number of esters is 1. The van der Waals surface area contributed by atoms with Crippen molar-refractivity contribution in [1.82, 2.24) is 5.32 Å². The van der Waals surface area contributed by atoms with Gasteiger partial charge in [0.1, 0.15) is 18.9 Å². The minimum absolute atomic E-state index is 0.00844. The summed E-state index contributed by atoms with van der Waals surface area (Å²) >= 11 is 0. The Kier molecular flexibility index (Phi) is 8.86. The van der Waals surface area contributed by atoms with Gasteiger partial charge in [-0.2, -0.15) is 8.78 Å². The minimum atomic E-state index is -2.91. The number of halogens is 2. The first kappa shape index (κ1) is 22.9. The molecule has 0 saturated carbocycles. The summed E-state index contributed by atoms with van der Waals surface area (Å²) in [5.41, 5.74) is 0.897. The van der Waals surface area contributed by atoms with Crippen molar-refractivity contribution in [3.8, 4) is 17.2 Å². The Bertz CT molecular complexity index is 842. The van der Waals surface area contributed by atoms with Crippen LogP contribution in [0.2, 0.25) is 0 Å². The zero-order valence-electron chi connectivity index (χ0n) is 16.7. The van der Waals surface area contributed by atoms with Crippen LogP contribution in [0.4, 0.5) is 8.78 Å². The second kappa shape index (κ2) is 11.6. The standard InChI is InChI=1S/C21H23F2NO6/c1-3-27-17-10-7-15(11-18(17)28-4-2)20(26)24-12-19(25)29-13-14-5-8-16(9-6-14)30-21(22)23/h5-11,21H,3-4,12-13H2,1-2H3,(H,24,26). The number of ether oxygens (including phenoxy) is 4. The maximum absolute atomic E-state index is 12.3. The summed E-state index contributed by atoms with van der Waals surface area (Å²) in [7, 11) is 0. The van der Waals surface area contributed by atoms with Crippen LogP contribution in [0.25, 0.3) is 0 Å². The van der Waals surface area contributed by atoms with Gasteiger partial charge in [0.15, 0.2) is 11.5 Å². The summed E-state index contributed by atoms with van der Waals surface area (Å²) in [5, 5.41) is 2.47. The fraction of sp³-hybridized carbons (Fsp3) is 0.333. The number of rotatable bonds is 11. The van der Waals surface area contributed by atoms with E-state index in [9.17, 15) is 18.4 Å². The second-order valence-corrected chi connectivity index (χ2v) is 5.89. The van der Waals surface area contributed by atoms with E-state index in [4.69, 9.17) is 14.2 Å². The highest BCUT2D eigenvalue weighted by Gasteiger charge is 2.13. The van der Waals surface area contributed by atoms with Gasteiger partial charge in [0, 0.05) is 5.56 Å². The van der Waals surface area contributed by atoms with Crippen molar-refractivity contribution >= 4 is 11.9 Å². The van der Waals surface area contributed by atoms with Gasteiger partial charge in [0.05, 0.1) is 13.2 Å². The summed E-state index contributed by atoms with van der Waals surface area (Å²) in [6, 6.07) is 10.4. The third-order valence-electron chi connectivity index (χ3n) is 3.75. The van der Waals surface area contributed by atoms with Crippen molar-refractivity contribution in [2.75, 3.05) is 19.8 Å². The van der Waals surface area contributed by atoms with Gasteiger partial charge in [-0.25, -0.2) is 0 Å². The molecule has 0 heterocycles. The fourth-order valence-electron chi connectivity index (χ4n) is 2.43. The van der Waals surface area contributed by atoms with E-state index in [2.05, 4.69) is 10.1 Å². The van der Waals surface area contributed by atoms with Crippen molar-refractivity contribution in [1.29, 1.82) is 0 Å². The van der Waals surface area contributed by atoms with Gasteiger partial charge >= 0.3 is 12.6 Å². The van der Waals surface area contributed by atoms with Crippen LogP contribution in [0.3, 0.4) is 0 Å². The number of amides is 1. The molecule has 9 heteroatoms. The summed E-state index contributed by atoms with van der Waals surface area (Å²) in [5.74, 6) is -0.139. The molecule has 0 aliphatic carbocycles. The first-order valence-corrected chi connectivity index (χ1v) is 9.30. The van der Waals surface area contributed by atoms with Crippen molar-refractivity contribution in [3.05, 3.63) is 53.6 Å². The number of hydrogen-bond donors (Lipinski definition) is 1. The van der Waals surface area contributed by atoms with Gasteiger partial charge < -0.3 is 24.3 Å². The van der Waals surface area contributed by atoms with Gasteiger partial charge in [-0.3, -0.25) is 9.59 Å². The van der Waals surface area contributed by atoms with Crippen LogP contribution >= 0.6 is 0 Å². The first-order chi connectivity index (χ1) is 14.4. The molecule has 0 aliphatic heterocycles. The van der Waals surface area contributed by atoms with Gasteiger partial charge in [-0.1, -0.05) is 12.1 Å². The van der Waals surface area contributed by atoms with Gasteiger partial charge in [-0.05, 0) is 49.7 Å². The van der Waals surface area contributed by atoms with E-state index in [-0.39, 0.29) is 18.9 Å². The van der Waals surface area contributed by atoms with E-state index in [1.807, 2.05) is 13.8 Å². The molecule has 30 heavy (non-hydrogen) atoms. The molecule has 1 amide bonds. The molecule has 2 aromatic rings. The molecular formula is C21H23F2NO6. The molecule has 1 N–H and O–H groups in total. The van der Waals surface area contributed by atoms with Crippen molar-refractivity contribution < 1.29 is 37.3 Å². The van der Waals surface area contributed by atoms with Gasteiger partial charge in [0.25, 0.3) is 5.91 Å². The Morgan fingerprint density at radius 1 is 0.967 bits per heavy atom. The Morgan fingerprint density at radius 3 is 2.27 bits per heavy atom. The number of benzene rings is 2. The number of alkyl halides is 2. The molecular weight excluding hydrogens is 400 g/mol. The molecule has 0 radical (unpaired) electrons. The van der Waals surface area contributed by atoms with Crippen LogP contribution in [0, 0.1) is 0 Å². The molecule has 162 valence electrons. The van der Waals surface area contributed by atoms with Crippen LogP contribution in [-0.4, -0.2) is 38.2 Å². The van der Waals surface area contributed by atoms with Crippen LogP contribution in [0.15, 0.2) is 42.5 Å². The van der Waals surface area contributed by atoms with Gasteiger partial charge in [0.2, 0.25) is 0 Å². The summed E-state index contributed by atoms with van der Waals surface area (Å²) in [4.78, 5) is 24.2. The van der Waals surface area contributed by atoms with Crippen molar-refractivity contribution in [2.24, 2.45) is 0 Å². The summed E-state index contributed by atoms with van der Waals surface area (Å²) in [6.07, 6.45) is 0. The molecule has 0 atom stereocenters. The topological polar surface area (TPSA) is 83.1 Å². The van der Waals surface area contributed by atoms with E-state index >= 15 is 0 Å². The molecule has 7 nitrogen and oxygen atoms in total. The van der Waals surface area contributed by atoms with Gasteiger partial charge in [-0.15, -0.1) is 0 Å². The molecule has 0 fully saturated rings. The van der Waals surface area contributed by atoms with E-state index < -0.39 is 18.5 Å². The lowest BCUT2D eigenvalue weighted by atomic mass is 10.2. The van der Waals surface area contributed by atoms with Crippen LogP contribution in [-0.2, 0) is 16.1 Å². The number of hydrogen-bond acceptors (Lipinski definition) is 6. The molecule has 0 unspecified atom stereocenters. The normalized spacial score (nSPS) is 10.4. The monoisotopic (exact) mass is 423 g/mol. The predicted octanol–water partition coefficient (Wildman–Crippen LogP) is 3.56. The van der Waals surface area contributed by atoms with Crippen molar-refractivity contribution in [3.63, 3.8) is 0 Å². The summed E-state index contributed by atoms with van der Waals surface area (Å²) in [6.45, 7) is 1.22. The number of carbonyl (C=O) groups excluding carboxylic acids is 2. The predicted molar refractivity (Wildman–Crippen MR) is 104 cm³/mol. The Balaban J connectivity index is 1.84. The minimum Gasteiger partial charge on any atom is -0.490 e. The molecule has 0 bridgehead atoms. The lowest BCUT2D eigenvalue weighted by Gasteiger charge is -2.12. The third-order valence-corrected chi connectivity index (χ3v) is 3.75. The largest absolute Gasteiger partial charge is 0.490 e. The highest BCUT2D eigenvalue weighted by molar-refractivity contribution is 5.96. The second-order valence-electron chi connectivity index (χ2n) is 5.89. The molecule has 2 rings (SSSR count). The quantitative estimate of drug-likeness (QED) is 0.557. The Labute approximate surface area is 172 Å². The maximum atomic E-state index is 12.3. The zero-order chi connectivity index (χ0) is 21.9. The lowest BCUT2D eigenvalue weighted by molar-refractivity contribution is -0.143. The number of carbonyl (C=O) groups is 2. The first-order valence-electron chi connectivity index (χ1n) is 9.30. The lowest BCUT2D eigenvalue weighted by Crippen LogP contribution is -2.30.